The minimum atomic E-state index is -0.992. The number of aromatic carboxylic acids is 1. The summed E-state index contributed by atoms with van der Waals surface area (Å²) >= 11 is 0. The van der Waals surface area contributed by atoms with Gasteiger partial charge in [-0.05, 0) is 60.2 Å². The molecule has 4 nitrogen and oxygen atoms in total. The number of carboxylic acid groups (broad SMARTS) is 1. The zero-order valence-corrected chi connectivity index (χ0v) is 12.7. The van der Waals surface area contributed by atoms with Crippen LogP contribution < -0.4 is 4.74 Å². The van der Waals surface area contributed by atoms with Crippen LogP contribution in [0, 0.1) is 0 Å². The summed E-state index contributed by atoms with van der Waals surface area (Å²) in [6, 6.07) is 12.4. The molecule has 1 aliphatic carbocycles. The predicted octanol–water partition coefficient (Wildman–Crippen LogP) is 3.06. The zero-order chi connectivity index (χ0) is 16.2. The summed E-state index contributed by atoms with van der Waals surface area (Å²) in [7, 11) is 0. The number of aryl methyl sites for hydroxylation is 2. The second-order valence-electron chi connectivity index (χ2n) is 5.79. The number of carbonyl (C=O) groups excluding carboxylic acids is 1. The first kappa shape index (κ1) is 15.3. The fourth-order valence-electron chi connectivity index (χ4n) is 2.89. The van der Waals surface area contributed by atoms with Gasteiger partial charge >= 0.3 is 5.97 Å². The number of ketones is 1. The van der Waals surface area contributed by atoms with Crippen molar-refractivity contribution < 1.29 is 19.4 Å². The van der Waals surface area contributed by atoms with Gasteiger partial charge in [-0.1, -0.05) is 18.2 Å². The summed E-state index contributed by atoms with van der Waals surface area (Å²) in [4.78, 5) is 23.0. The summed E-state index contributed by atoms with van der Waals surface area (Å²) in [5.41, 5.74) is 3.56. The van der Waals surface area contributed by atoms with Gasteiger partial charge in [-0.2, -0.15) is 0 Å². The number of carbonyl (C=O) groups is 2. The van der Waals surface area contributed by atoms with Gasteiger partial charge in [0.15, 0.2) is 5.78 Å². The molecular formula is C19H18O4. The topological polar surface area (TPSA) is 63.6 Å². The maximum absolute atomic E-state index is 12.0. The Kier molecular flexibility index (Phi) is 4.42. The minimum absolute atomic E-state index is 0.00388. The zero-order valence-electron chi connectivity index (χ0n) is 12.7. The number of rotatable bonds is 6. The lowest BCUT2D eigenvalue weighted by atomic mass is 10.1. The van der Waals surface area contributed by atoms with E-state index in [9.17, 15) is 9.59 Å². The molecule has 0 saturated heterocycles. The van der Waals surface area contributed by atoms with Crippen LogP contribution in [0.1, 0.15) is 33.5 Å². The molecule has 2 aromatic rings. The Labute approximate surface area is 134 Å². The highest BCUT2D eigenvalue weighted by molar-refractivity contribution is 5.88. The largest absolute Gasteiger partial charge is 0.486 e. The number of hydrogen-bond acceptors (Lipinski definition) is 3. The van der Waals surface area contributed by atoms with Crippen molar-refractivity contribution in [1.82, 2.24) is 0 Å². The Bertz CT molecular complexity index is 749. The van der Waals surface area contributed by atoms with Crippen LogP contribution in [-0.4, -0.2) is 23.5 Å². The van der Waals surface area contributed by atoms with E-state index in [0.717, 1.165) is 18.6 Å². The van der Waals surface area contributed by atoms with Crippen molar-refractivity contribution in [3.8, 4) is 5.75 Å². The van der Waals surface area contributed by atoms with E-state index in [0.29, 0.717) is 5.56 Å². The van der Waals surface area contributed by atoms with E-state index < -0.39 is 5.97 Å². The molecule has 0 aliphatic heterocycles. The molecule has 0 saturated carbocycles. The van der Waals surface area contributed by atoms with Gasteiger partial charge in [-0.15, -0.1) is 0 Å². The van der Waals surface area contributed by atoms with Crippen molar-refractivity contribution in [3.63, 3.8) is 0 Å². The molecule has 0 radical (unpaired) electrons. The monoisotopic (exact) mass is 310 g/mol. The highest BCUT2D eigenvalue weighted by Gasteiger charge is 2.12. The number of ether oxygens (including phenoxy) is 1. The van der Waals surface area contributed by atoms with Gasteiger partial charge in [0.2, 0.25) is 0 Å². The molecule has 0 spiro atoms. The van der Waals surface area contributed by atoms with Crippen molar-refractivity contribution in [3.05, 3.63) is 64.7 Å². The van der Waals surface area contributed by atoms with Crippen LogP contribution in [0.15, 0.2) is 42.5 Å². The lowest BCUT2D eigenvalue weighted by Crippen LogP contribution is -2.14. The highest BCUT2D eigenvalue weighted by atomic mass is 16.5. The Morgan fingerprint density at radius 1 is 1.04 bits per heavy atom. The van der Waals surface area contributed by atoms with E-state index in [1.807, 2.05) is 12.1 Å². The molecule has 0 atom stereocenters. The molecule has 118 valence electrons. The Morgan fingerprint density at radius 2 is 1.87 bits per heavy atom. The number of benzene rings is 2. The number of fused-ring (bicyclic) bond motifs is 1. The SMILES string of the molecule is O=C(COc1ccc2c(c1)CCC2)Cc1cccc(C(=O)O)c1. The van der Waals surface area contributed by atoms with E-state index in [2.05, 4.69) is 6.07 Å². The van der Waals surface area contributed by atoms with Gasteiger partial charge in [0.05, 0.1) is 5.56 Å². The van der Waals surface area contributed by atoms with Crippen molar-refractivity contribution in [1.29, 1.82) is 0 Å². The Hall–Kier alpha value is -2.62. The number of carboxylic acids is 1. The molecule has 23 heavy (non-hydrogen) atoms. The molecule has 1 aliphatic rings. The van der Waals surface area contributed by atoms with Crippen LogP contribution in [0.25, 0.3) is 0 Å². The normalized spacial score (nSPS) is 12.7. The lowest BCUT2D eigenvalue weighted by Gasteiger charge is -2.08. The molecule has 0 bridgehead atoms. The smallest absolute Gasteiger partial charge is 0.335 e. The van der Waals surface area contributed by atoms with Gasteiger partial charge < -0.3 is 9.84 Å². The van der Waals surface area contributed by atoms with Crippen molar-refractivity contribution in [2.45, 2.75) is 25.7 Å². The highest BCUT2D eigenvalue weighted by Crippen LogP contribution is 2.26. The first-order valence-corrected chi connectivity index (χ1v) is 7.70. The van der Waals surface area contributed by atoms with Gasteiger partial charge in [-0.3, -0.25) is 4.79 Å². The molecule has 0 aromatic heterocycles. The van der Waals surface area contributed by atoms with Crippen LogP contribution in [0.3, 0.4) is 0 Å². The molecule has 0 heterocycles. The number of Topliss-reactive ketones (excluding diaryl/α,β-unsaturated/α-hetero) is 1. The van der Waals surface area contributed by atoms with E-state index in [-0.39, 0.29) is 24.4 Å². The summed E-state index contributed by atoms with van der Waals surface area (Å²) in [5, 5.41) is 8.96. The third-order valence-electron chi connectivity index (χ3n) is 4.05. The van der Waals surface area contributed by atoms with E-state index in [1.165, 1.54) is 29.7 Å². The predicted molar refractivity (Wildman–Crippen MR) is 86.1 cm³/mol. The molecule has 2 aromatic carbocycles. The third-order valence-corrected chi connectivity index (χ3v) is 4.05. The Balaban J connectivity index is 1.57. The first-order chi connectivity index (χ1) is 11.1. The third kappa shape index (κ3) is 3.77. The van der Waals surface area contributed by atoms with Gasteiger partial charge in [0.1, 0.15) is 12.4 Å². The molecule has 1 N–H and O–H groups in total. The average Bonchev–Trinajstić information content (AvgIpc) is 3.01. The van der Waals surface area contributed by atoms with Gasteiger partial charge in [0.25, 0.3) is 0 Å². The Morgan fingerprint density at radius 3 is 2.70 bits per heavy atom. The minimum Gasteiger partial charge on any atom is -0.486 e. The molecule has 3 rings (SSSR count). The number of hydrogen-bond donors (Lipinski definition) is 1. The lowest BCUT2D eigenvalue weighted by molar-refractivity contribution is -0.120. The fraction of sp³-hybridized carbons (Fsp3) is 0.263. The second-order valence-corrected chi connectivity index (χ2v) is 5.79. The maximum Gasteiger partial charge on any atom is 0.335 e. The van der Waals surface area contributed by atoms with Crippen LogP contribution in [-0.2, 0) is 24.1 Å². The van der Waals surface area contributed by atoms with E-state index >= 15 is 0 Å². The molecule has 0 fully saturated rings. The van der Waals surface area contributed by atoms with Crippen LogP contribution in [0.4, 0.5) is 0 Å². The summed E-state index contributed by atoms with van der Waals surface area (Å²) in [6.07, 6.45) is 3.54. The standard InChI is InChI=1S/C19H18O4/c20-17(10-13-3-1-6-16(9-13)19(21)22)12-23-18-8-7-14-4-2-5-15(14)11-18/h1,3,6-9,11H,2,4-5,10,12H2,(H,21,22). The molecule has 0 amide bonds. The quantitative estimate of drug-likeness (QED) is 0.890. The summed E-state index contributed by atoms with van der Waals surface area (Å²) in [5.74, 6) is -0.347. The summed E-state index contributed by atoms with van der Waals surface area (Å²) in [6.45, 7) is -0.00388. The van der Waals surface area contributed by atoms with Crippen molar-refractivity contribution in [2.24, 2.45) is 0 Å². The van der Waals surface area contributed by atoms with Crippen LogP contribution in [0.2, 0.25) is 0 Å². The van der Waals surface area contributed by atoms with Crippen molar-refractivity contribution >= 4 is 11.8 Å². The molecular weight excluding hydrogens is 292 g/mol. The van der Waals surface area contributed by atoms with Crippen LogP contribution in [0.5, 0.6) is 5.75 Å². The first-order valence-electron chi connectivity index (χ1n) is 7.70. The van der Waals surface area contributed by atoms with Crippen LogP contribution >= 0.6 is 0 Å². The fourth-order valence-corrected chi connectivity index (χ4v) is 2.89. The summed E-state index contributed by atoms with van der Waals surface area (Å²) < 4.78 is 5.58. The maximum atomic E-state index is 12.0. The van der Waals surface area contributed by atoms with E-state index in [1.54, 1.807) is 12.1 Å². The second kappa shape index (κ2) is 6.65. The van der Waals surface area contributed by atoms with Gasteiger partial charge in [-0.25, -0.2) is 4.79 Å². The van der Waals surface area contributed by atoms with Gasteiger partial charge in [0, 0.05) is 6.42 Å². The molecule has 0 unspecified atom stereocenters. The molecule has 4 heteroatoms. The average molecular weight is 310 g/mol. The van der Waals surface area contributed by atoms with E-state index in [4.69, 9.17) is 9.84 Å². The van der Waals surface area contributed by atoms with Crippen molar-refractivity contribution in [2.75, 3.05) is 6.61 Å².